The number of oxime groups is 1. The van der Waals surface area contributed by atoms with Gasteiger partial charge in [-0.3, -0.25) is 5.32 Å². The second-order valence-corrected chi connectivity index (χ2v) is 6.59. The number of nitrogens with zero attached hydrogens (tertiary/aromatic N) is 2. The van der Waals surface area contributed by atoms with Crippen LogP contribution in [0.5, 0.6) is 0 Å². The molecule has 2 rings (SSSR count). The minimum atomic E-state index is -0.561. The molecule has 23 heavy (non-hydrogen) atoms. The first-order valence-corrected chi connectivity index (χ1v) is 7.70. The highest BCUT2D eigenvalue weighted by Gasteiger charge is 2.17. The van der Waals surface area contributed by atoms with Gasteiger partial charge in [-0.1, -0.05) is 29.4 Å². The van der Waals surface area contributed by atoms with Crippen molar-refractivity contribution in [2.75, 3.05) is 5.32 Å². The molecular weight excluding hydrogens is 316 g/mol. The number of hydrogen-bond donors (Lipinski definition) is 3. The van der Waals surface area contributed by atoms with Gasteiger partial charge >= 0.3 is 6.09 Å². The fourth-order valence-electron chi connectivity index (χ4n) is 1.72. The summed E-state index contributed by atoms with van der Waals surface area (Å²) in [5.41, 5.74) is 7.14. The van der Waals surface area contributed by atoms with Crippen LogP contribution >= 0.6 is 11.3 Å². The van der Waals surface area contributed by atoms with Crippen LogP contribution in [-0.2, 0) is 4.74 Å². The first-order valence-electron chi connectivity index (χ1n) is 6.82. The van der Waals surface area contributed by atoms with Crippen LogP contribution in [0, 0.1) is 0 Å². The maximum Gasteiger partial charge on any atom is 0.413 e. The van der Waals surface area contributed by atoms with Crippen molar-refractivity contribution in [1.82, 2.24) is 4.98 Å². The van der Waals surface area contributed by atoms with Gasteiger partial charge in [0.05, 0.1) is 5.69 Å². The van der Waals surface area contributed by atoms with Gasteiger partial charge < -0.3 is 15.7 Å². The number of nitrogens with two attached hydrogens (primary N) is 1. The zero-order valence-corrected chi connectivity index (χ0v) is 13.8. The second-order valence-electron chi connectivity index (χ2n) is 5.73. The fraction of sp³-hybridized carbons (Fsp3) is 0.267. The van der Waals surface area contributed by atoms with Crippen LogP contribution in [-0.4, -0.2) is 27.7 Å². The van der Waals surface area contributed by atoms with E-state index in [0.717, 1.165) is 5.56 Å². The molecule has 1 amide bonds. The number of hydrogen-bond acceptors (Lipinski definition) is 6. The molecule has 0 atom stereocenters. The molecule has 1 heterocycles. The molecule has 0 aliphatic heterocycles. The molecular formula is C15H18N4O3S. The lowest BCUT2D eigenvalue weighted by Gasteiger charge is -2.18. The molecule has 1 aromatic carbocycles. The summed E-state index contributed by atoms with van der Waals surface area (Å²) in [6, 6.07) is 7.06. The molecule has 2 aromatic rings. The third kappa shape index (κ3) is 4.68. The number of amides is 1. The summed E-state index contributed by atoms with van der Waals surface area (Å²) in [6.45, 7) is 5.38. The fourth-order valence-corrected chi connectivity index (χ4v) is 2.43. The van der Waals surface area contributed by atoms with Crippen LogP contribution in [0.2, 0.25) is 0 Å². The van der Waals surface area contributed by atoms with Gasteiger partial charge in [0.1, 0.15) is 5.60 Å². The van der Waals surface area contributed by atoms with E-state index in [-0.39, 0.29) is 5.84 Å². The summed E-state index contributed by atoms with van der Waals surface area (Å²) >= 11 is 1.30. The van der Waals surface area contributed by atoms with E-state index in [0.29, 0.717) is 16.4 Å². The number of ether oxygens (including phenoxy) is 1. The van der Waals surface area contributed by atoms with E-state index in [4.69, 9.17) is 15.7 Å². The van der Waals surface area contributed by atoms with Crippen LogP contribution in [0.4, 0.5) is 9.93 Å². The van der Waals surface area contributed by atoms with Crippen molar-refractivity contribution in [3.63, 3.8) is 0 Å². The molecule has 4 N–H and O–H groups in total. The molecule has 0 bridgehead atoms. The van der Waals surface area contributed by atoms with Crippen LogP contribution in [0.1, 0.15) is 26.3 Å². The number of rotatable bonds is 3. The Bertz CT molecular complexity index is 717. The van der Waals surface area contributed by atoms with Gasteiger partial charge in [0, 0.05) is 16.5 Å². The number of amidine groups is 1. The Morgan fingerprint density at radius 2 is 2.00 bits per heavy atom. The minimum Gasteiger partial charge on any atom is -0.444 e. The van der Waals surface area contributed by atoms with Crippen LogP contribution in [0.15, 0.2) is 34.8 Å². The van der Waals surface area contributed by atoms with E-state index < -0.39 is 11.7 Å². The Morgan fingerprint density at radius 1 is 1.35 bits per heavy atom. The lowest BCUT2D eigenvalue weighted by atomic mass is 10.1. The van der Waals surface area contributed by atoms with E-state index in [2.05, 4.69) is 15.5 Å². The number of thiazole rings is 1. The molecule has 0 aliphatic carbocycles. The lowest BCUT2D eigenvalue weighted by Crippen LogP contribution is -2.27. The third-order valence-electron chi connectivity index (χ3n) is 2.70. The van der Waals surface area contributed by atoms with Crippen molar-refractivity contribution in [3.05, 3.63) is 35.2 Å². The van der Waals surface area contributed by atoms with Gasteiger partial charge in [0.2, 0.25) is 0 Å². The van der Waals surface area contributed by atoms with Crippen molar-refractivity contribution in [1.29, 1.82) is 0 Å². The Labute approximate surface area is 137 Å². The van der Waals surface area contributed by atoms with Crippen LogP contribution in [0.25, 0.3) is 11.3 Å². The molecule has 0 saturated carbocycles. The molecule has 1 aromatic heterocycles. The Balaban J connectivity index is 2.09. The van der Waals surface area contributed by atoms with E-state index in [9.17, 15) is 4.79 Å². The first kappa shape index (κ1) is 16.8. The van der Waals surface area contributed by atoms with Gasteiger partial charge in [-0.15, -0.1) is 11.3 Å². The van der Waals surface area contributed by atoms with E-state index in [1.807, 2.05) is 5.38 Å². The molecule has 122 valence electrons. The number of aromatic nitrogens is 1. The molecule has 0 aliphatic rings. The summed E-state index contributed by atoms with van der Waals surface area (Å²) in [5, 5.41) is 16.5. The van der Waals surface area contributed by atoms with Gasteiger partial charge in [-0.25, -0.2) is 9.78 Å². The van der Waals surface area contributed by atoms with Gasteiger partial charge in [0.15, 0.2) is 11.0 Å². The van der Waals surface area contributed by atoms with Gasteiger partial charge in [0.25, 0.3) is 0 Å². The van der Waals surface area contributed by atoms with E-state index in [1.54, 1.807) is 45.0 Å². The zero-order valence-electron chi connectivity index (χ0n) is 13.0. The Kier molecular flexibility index (Phi) is 4.85. The van der Waals surface area contributed by atoms with Crippen molar-refractivity contribution >= 4 is 28.4 Å². The standard InChI is InChI=1S/C15H18N4O3S/c1-15(2,3)22-14(20)18-13-17-11(8-23-13)9-4-6-10(7-5-9)12(16)19-21/h4-8,21H,1-3H3,(H2,16,19)(H,17,18,20). The normalized spacial score (nSPS) is 12.0. The third-order valence-corrected chi connectivity index (χ3v) is 3.45. The highest BCUT2D eigenvalue weighted by molar-refractivity contribution is 7.14. The number of carbonyl (C=O) groups is 1. The molecule has 0 radical (unpaired) electrons. The topological polar surface area (TPSA) is 110 Å². The SMILES string of the molecule is CC(C)(C)OC(=O)Nc1nc(-c2ccc(/C(N)=N/O)cc2)cs1. The number of anilines is 1. The molecule has 0 spiro atoms. The maximum absolute atomic E-state index is 11.7. The lowest BCUT2D eigenvalue weighted by molar-refractivity contribution is 0.0636. The van der Waals surface area contributed by atoms with Crippen molar-refractivity contribution in [2.45, 2.75) is 26.4 Å². The minimum absolute atomic E-state index is 0.0436. The summed E-state index contributed by atoms with van der Waals surface area (Å²) in [5.74, 6) is 0.0436. The van der Waals surface area contributed by atoms with Crippen LogP contribution in [0.3, 0.4) is 0 Å². The van der Waals surface area contributed by atoms with E-state index in [1.165, 1.54) is 11.3 Å². The predicted molar refractivity (Wildman–Crippen MR) is 89.9 cm³/mol. The van der Waals surface area contributed by atoms with Crippen molar-refractivity contribution < 1.29 is 14.7 Å². The summed E-state index contributed by atoms with van der Waals surface area (Å²) < 4.78 is 5.18. The van der Waals surface area contributed by atoms with Crippen molar-refractivity contribution in [3.8, 4) is 11.3 Å². The monoisotopic (exact) mass is 334 g/mol. The first-order chi connectivity index (χ1) is 10.8. The zero-order chi connectivity index (χ0) is 17.0. The largest absolute Gasteiger partial charge is 0.444 e. The molecule has 0 unspecified atom stereocenters. The molecule has 7 nitrogen and oxygen atoms in total. The molecule has 8 heteroatoms. The average molecular weight is 334 g/mol. The predicted octanol–water partition coefficient (Wildman–Crippen LogP) is 3.25. The molecule has 0 fully saturated rings. The highest BCUT2D eigenvalue weighted by Crippen LogP contribution is 2.25. The van der Waals surface area contributed by atoms with Gasteiger partial charge in [-0.05, 0) is 20.8 Å². The smallest absolute Gasteiger partial charge is 0.413 e. The van der Waals surface area contributed by atoms with E-state index >= 15 is 0 Å². The number of nitrogens with one attached hydrogen (secondary N) is 1. The average Bonchev–Trinajstić information content (AvgIpc) is 2.93. The van der Waals surface area contributed by atoms with Crippen LogP contribution < -0.4 is 11.1 Å². The number of benzene rings is 1. The highest BCUT2D eigenvalue weighted by atomic mass is 32.1. The maximum atomic E-state index is 11.7. The summed E-state index contributed by atoms with van der Waals surface area (Å²) in [6.07, 6.45) is -0.541. The second kappa shape index (κ2) is 6.66. The Morgan fingerprint density at radius 3 is 2.57 bits per heavy atom. The quantitative estimate of drug-likeness (QED) is 0.345. The molecule has 0 saturated heterocycles. The summed E-state index contributed by atoms with van der Waals surface area (Å²) in [7, 11) is 0. The number of carbonyl (C=O) groups excluding carboxylic acids is 1. The van der Waals surface area contributed by atoms with Crippen molar-refractivity contribution in [2.24, 2.45) is 10.9 Å². The van der Waals surface area contributed by atoms with Gasteiger partial charge in [-0.2, -0.15) is 0 Å². The Hall–Kier alpha value is -2.61. The summed E-state index contributed by atoms with van der Waals surface area (Å²) in [4.78, 5) is 16.0.